The Morgan fingerprint density at radius 3 is 2.24 bits per heavy atom. The molecule has 2 N–H and O–H groups in total. The molecule has 0 aliphatic carbocycles. The summed E-state index contributed by atoms with van der Waals surface area (Å²) in [5.74, 6) is -0.956. The van der Waals surface area contributed by atoms with Crippen molar-refractivity contribution in [1.82, 2.24) is 9.62 Å². The van der Waals surface area contributed by atoms with E-state index in [-0.39, 0.29) is 17.4 Å². The number of hydrogen-bond acceptors (Lipinski definition) is 4. The molecule has 0 aromatic heterocycles. The van der Waals surface area contributed by atoms with E-state index in [9.17, 15) is 14.0 Å². The SMILES string of the molecule is CC(C)(C)NSc1ccc(NC(=O)C2Cc3ccccc3CN2C(=O)c2ccc(F)cc2)cc1. The van der Waals surface area contributed by atoms with Gasteiger partial charge in [0.2, 0.25) is 5.91 Å². The maximum Gasteiger partial charge on any atom is 0.254 e. The summed E-state index contributed by atoms with van der Waals surface area (Å²) in [7, 11) is 0. The molecule has 4 rings (SSSR count). The number of carbonyl (C=O) groups excluding carboxylic acids is 2. The number of rotatable bonds is 5. The van der Waals surface area contributed by atoms with Crippen LogP contribution in [0.2, 0.25) is 0 Å². The molecule has 1 atom stereocenters. The molecule has 3 aromatic rings. The molecule has 34 heavy (non-hydrogen) atoms. The Morgan fingerprint density at radius 1 is 0.941 bits per heavy atom. The van der Waals surface area contributed by atoms with E-state index in [0.29, 0.717) is 24.2 Å². The van der Waals surface area contributed by atoms with Crippen LogP contribution in [0.25, 0.3) is 0 Å². The average Bonchev–Trinajstić information content (AvgIpc) is 2.82. The Kier molecular flexibility index (Phi) is 7.05. The summed E-state index contributed by atoms with van der Waals surface area (Å²) in [6, 6.07) is 20.2. The van der Waals surface area contributed by atoms with Crippen molar-refractivity contribution in [3.8, 4) is 0 Å². The monoisotopic (exact) mass is 477 g/mol. The van der Waals surface area contributed by atoms with Gasteiger partial charge >= 0.3 is 0 Å². The number of anilines is 1. The highest BCUT2D eigenvalue weighted by Crippen LogP contribution is 2.27. The largest absolute Gasteiger partial charge is 0.324 e. The van der Waals surface area contributed by atoms with Gasteiger partial charge in [-0.3, -0.25) is 14.3 Å². The summed E-state index contributed by atoms with van der Waals surface area (Å²) in [6.45, 7) is 6.60. The normalized spacial score (nSPS) is 15.5. The van der Waals surface area contributed by atoms with Gasteiger partial charge in [-0.15, -0.1) is 0 Å². The van der Waals surface area contributed by atoms with E-state index < -0.39 is 11.9 Å². The predicted octanol–water partition coefficient (Wildman–Crippen LogP) is 5.43. The molecule has 1 aliphatic heterocycles. The van der Waals surface area contributed by atoms with Gasteiger partial charge in [0, 0.05) is 34.7 Å². The molecular formula is C27H28FN3O2S. The van der Waals surface area contributed by atoms with Crippen molar-refractivity contribution in [2.75, 3.05) is 5.32 Å². The van der Waals surface area contributed by atoms with E-state index in [1.807, 2.05) is 48.5 Å². The second-order valence-electron chi connectivity index (χ2n) is 9.40. The standard InChI is InChI=1S/C27H28FN3O2S/c1-27(2,3)30-34-23-14-12-22(13-15-23)29-25(32)24-16-19-6-4-5-7-20(19)17-31(24)26(33)18-8-10-21(28)11-9-18/h4-15,24,30H,16-17H2,1-3H3,(H,29,32). The first-order valence-electron chi connectivity index (χ1n) is 11.2. The van der Waals surface area contributed by atoms with Crippen LogP contribution < -0.4 is 10.0 Å². The Morgan fingerprint density at radius 2 is 1.59 bits per heavy atom. The fourth-order valence-electron chi connectivity index (χ4n) is 3.77. The molecule has 0 saturated carbocycles. The van der Waals surface area contributed by atoms with Crippen LogP contribution in [-0.2, 0) is 17.8 Å². The number of amides is 2. The minimum Gasteiger partial charge on any atom is -0.324 e. The average molecular weight is 478 g/mol. The molecule has 0 bridgehead atoms. The predicted molar refractivity (Wildman–Crippen MR) is 134 cm³/mol. The van der Waals surface area contributed by atoms with Crippen LogP contribution >= 0.6 is 11.9 Å². The van der Waals surface area contributed by atoms with Gasteiger partial charge in [-0.25, -0.2) is 4.39 Å². The molecule has 2 amide bonds. The molecule has 0 spiro atoms. The van der Waals surface area contributed by atoms with E-state index in [2.05, 4.69) is 30.8 Å². The third-order valence-corrected chi connectivity index (χ3v) is 6.72. The lowest BCUT2D eigenvalue weighted by molar-refractivity contribution is -0.121. The lowest BCUT2D eigenvalue weighted by atomic mass is 9.92. The minimum absolute atomic E-state index is 0.0185. The molecule has 0 fully saturated rings. The Bertz CT molecular complexity index is 1170. The van der Waals surface area contributed by atoms with E-state index >= 15 is 0 Å². The second kappa shape index (κ2) is 9.99. The van der Waals surface area contributed by atoms with Crippen LogP contribution in [0.15, 0.2) is 77.7 Å². The van der Waals surface area contributed by atoms with Gasteiger partial charge in [-0.05, 0) is 92.4 Å². The smallest absolute Gasteiger partial charge is 0.254 e. The van der Waals surface area contributed by atoms with Crippen LogP contribution in [-0.4, -0.2) is 28.3 Å². The van der Waals surface area contributed by atoms with Gasteiger partial charge in [0.15, 0.2) is 0 Å². The lowest BCUT2D eigenvalue weighted by Gasteiger charge is -2.36. The van der Waals surface area contributed by atoms with Gasteiger partial charge in [-0.1, -0.05) is 24.3 Å². The quantitative estimate of drug-likeness (QED) is 0.481. The van der Waals surface area contributed by atoms with E-state index in [1.165, 1.54) is 36.2 Å². The number of hydrogen-bond donors (Lipinski definition) is 2. The molecule has 1 unspecified atom stereocenters. The lowest BCUT2D eigenvalue weighted by Crippen LogP contribution is -2.50. The summed E-state index contributed by atoms with van der Waals surface area (Å²) in [5.41, 5.74) is 3.06. The Labute approximate surface area is 203 Å². The number of halogens is 1. The molecule has 0 radical (unpaired) electrons. The molecule has 176 valence electrons. The Hall–Kier alpha value is -3.16. The van der Waals surface area contributed by atoms with E-state index in [1.54, 1.807) is 4.90 Å². The third-order valence-electron chi connectivity index (χ3n) is 5.50. The minimum atomic E-state index is -0.677. The van der Waals surface area contributed by atoms with Gasteiger partial charge < -0.3 is 10.2 Å². The summed E-state index contributed by atoms with van der Waals surface area (Å²) in [4.78, 5) is 29.2. The van der Waals surface area contributed by atoms with Gasteiger partial charge in [-0.2, -0.15) is 0 Å². The molecule has 1 aliphatic rings. The van der Waals surface area contributed by atoms with Crippen LogP contribution in [0.5, 0.6) is 0 Å². The first-order valence-corrected chi connectivity index (χ1v) is 12.0. The number of carbonyl (C=O) groups is 2. The zero-order valence-corrected chi connectivity index (χ0v) is 20.3. The first kappa shape index (κ1) is 24.0. The number of fused-ring (bicyclic) bond motifs is 1. The summed E-state index contributed by atoms with van der Waals surface area (Å²) in [6.07, 6.45) is 0.415. The summed E-state index contributed by atoms with van der Waals surface area (Å²) < 4.78 is 16.7. The first-order chi connectivity index (χ1) is 16.2. The molecular weight excluding hydrogens is 449 g/mol. The fourth-order valence-corrected chi connectivity index (χ4v) is 4.47. The van der Waals surface area contributed by atoms with Crippen LogP contribution in [0, 0.1) is 5.82 Å². The van der Waals surface area contributed by atoms with E-state index in [4.69, 9.17) is 0 Å². The van der Waals surface area contributed by atoms with Crippen LogP contribution in [0.3, 0.4) is 0 Å². The van der Waals surface area contributed by atoms with Crippen LogP contribution in [0.1, 0.15) is 42.3 Å². The van der Waals surface area contributed by atoms with Crippen molar-refractivity contribution in [2.45, 2.75) is 50.2 Å². The summed E-state index contributed by atoms with van der Waals surface area (Å²) >= 11 is 1.54. The maximum atomic E-state index is 13.4. The molecule has 0 saturated heterocycles. The number of benzene rings is 3. The maximum absolute atomic E-state index is 13.4. The van der Waals surface area contributed by atoms with Crippen LogP contribution in [0.4, 0.5) is 10.1 Å². The van der Waals surface area contributed by atoms with E-state index in [0.717, 1.165) is 16.0 Å². The van der Waals surface area contributed by atoms with Gasteiger partial charge in [0.1, 0.15) is 11.9 Å². The van der Waals surface area contributed by atoms with Crippen molar-refractivity contribution in [3.05, 3.63) is 95.3 Å². The highest BCUT2D eigenvalue weighted by Gasteiger charge is 2.35. The highest BCUT2D eigenvalue weighted by molar-refractivity contribution is 7.97. The molecule has 5 nitrogen and oxygen atoms in total. The highest BCUT2D eigenvalue weighted by atomic mass is 32.2. The topological polar surface area (TPSA) is 61.4 Å². The zero-order valence-electron chi connectivity index (χ0n) is 19.5. The van der Waals surface area contributed by atoms with Crippen molar-refractivity contribution >= 4 is 29.4 Å². The molecule has 1 heterocycles. The fraction of sp³-hybridized carbons (Fsp3) is 0.259. The number of nitrogens with zero attached hydrogens (tertiary/aromatic N) is 1. The van der Waals surface area contributed by atoms with Gasteiger partial charge in [0.05, 0.1) is 0 Å². The molecule has 3 aromatic carbocycles. The van der Waals surface area contributed by atoms with Crippen molar-refractivity contribution in [2.24, 2.45) is 0 Å². The second-order valence-corrected chi connectivity index (χ2v) is 10.3. The Balaban J connectivity index is 1.53. The zero-order chi connectivity index (χ0) is 24.3. The molecule has 7 heteroatoms. The van der Waals surface area contributed by atoms with Crippen molar-refractivity contribution < 1.29 is 14.0 Å². The number of nitrogens with one attached hydrogen (secondary N) is 2. The van der Waals surface area contributed by atoms with Crippen molar-refractivity contribution in [3.63, 3.8) is 0 Å². The third kappa shape index (κ3) is 5.85. The van der Waals surface area contributed by atoms with Crippen molar-refractivity contribution in [1.29, 1.82) is 0 Å². The summed E-state index contributed by atoms with van der Waals surface area (Å²) in [5, 5.41) is 2.96. The van der Waals surface area contributed by atoms with Gasteiger partial charge in [0.25, 0.3) is 5.91 Å².